The van der Waals surface area contributed by atoms with Gasteiger partial charge in [0.05, 0.1) is 0 Å². The van der Waals surface area contributed by atoms with Gasteiger partial charge in [-0.05, 0) is 0 Å². The maximum atomic E-state index is 3.96. The van der Waals surface area contributed by atoms with Crippen molar-refractivity contribution in [3.05, 3.63) is 0 Å². The second-order valence-corrected chi connectivity index (χ2v) is 4.04. The number of aromatic nitrogens is 3. The molecule has 2 atom stereocenters. The summed E-state index contributed by atoms with van der Waals surface area (Å²) in [5.74, 6) is 0. The van der Waals surface area contributed by atoms with Crippen molar-refractivity contribution in [2.45, 2.75) is 0 Å². The maximum Gasteiger partial charge on any atom is 0.138 e. The van der Waals surface area contributed by atoms with Gasteiger partial charge in [-0.3, -0.25) is 0 Å². The van der Waals surface area contributed by atoms with Crippen molar-refractivity contribution in [2.24, 2.45) is 0 Å². The van der Waals surface area contributed by atoms with Gasteiger partial charge in [0.25, 0.3) is 0 Å². The molecule has 7 heavy (non-hydrogen) atoms. The van der Waals surface area contributed by atoms with Crippen molar-refractivity contribution in [2.75, 3.05) is 0 Å². The summed E-state index contributed by atoms with van der Waals surface area (Å²) in [6.07, 6.45) is 0. The van der Waals surface area contributed by atoms with Crippen molar-refractivity contribution < 1.29 is 38.6 Å². The van der Waals surface area contributed by atoms with Gasteiger partial charge in [-0.2, -0.15) is 4.51 Å². The monoisotopic (exact) mass is 298 g/mol. The molecular weight excluding hydrogens is 294 g/mol. The van der Waals surface area contributed by atoms with E-state index in [0.717, 1.165) is 8.51 Å². The van der Waals surface area contributed by atoms with Crippen molar-refractivity contribution in [3.63, 3.8) is 0 Å². The van der Waals surface area contributed by atoms with Crippen LogP contribution in [0.1, 0.15) is 0 Å². The third-order valence-electron chi connectivity index (χ3n) is 0.324. The minimum absolute atomic E-state index is 0. The Balaban J connectivity index is 0.000000360. The Kier molecular flexibility index (Phi) is 7.01. The Morgan fingerprint density at radius 2 is 2.43 bits per heavy atom. The quantitative estimate of drug-likeness (QED) is 0.749. The second kappa shape index (κ2) is 5.72. The molecule has 0 aliphatic rings. The molecule has 0 aliphatic heterocycles. The zero-order valence-electron chi connectivity index (χ0n) is 3.23. The van der Waals surface area contributed by atoms with Crippen LogP contribution < -0.4 is 0 Å². The topological polar surface area (TPSA) is 44.5 Å². The van der Waals surface area contributed by atoms with Gasteiger partial charge in [-0.25, -0.2) is 0 Å². The van der Waals surface area contributed by atoms with E-state index in [1.807, 2.05) is 0 Å². The van der Waals surface area contributed by atoms with Crippen LogP contribution in [0.5, 0.6) is 0 Å². The first-order valence-electron chi connectivity index (χ1n) is 1.40. The molecule has 1 aromatic rings. The normalized spacial score (nSPS) is 10.3. The van der Waals surface area contributed by atoms with E-state index >= 15 is 0 Å². The summed E-state index contributed by atoms with van der Waals surface area (Å²) in [5.41, 5.74) is 0. The van der Waals surface area contributed by atoms with Crippen LogP contribution in [0.4, 0.5) is 0 Å². The van der Waals surface area contributed by atoms with Crippen LogP contribution in [0.15, 0.2) is 0 Å². The van der Waals surface area contributed by atoms with Crippen LogP contribution in [-0.2, 0) is 0 Å². The van der Waals surface area contributed by atoms with Gasteiger partial charge >= 0.3 is 0 Å². The average molecular weight is 298 g/mol. The van der Waals surface area contributed by atoms with Gasteiger partial charge in [0, 0.05) is 55.6 Å². The zero-order chi connectivity index (χ0) is 4.24. The van der Waals surface area contributed by atoms with Gasteiger partial charge in [0.15, 0.2) is 0 Å². The molecule has 0 saturated carbocycles. The molecule has 0 bridgehead atoms. The maximum absolute atomic E-state index is 3.96. The van der Waals surface area contributed by atoms with Crippen molar-refractivity contribution in [1.82, 2.24) is 13.5 Å². The molecule has 0 fully saturated rings. The number of H-pyrrole nitrogens is 2. The molecule has 2 unspecified atom stereocenters. The molecule has 0 amide bonds. The van der Waals surface area contributed by atoms with Gasteiger partial charge in [-0.1, -0.05) is 0 Å². The molecule has 7 heteroatoms. The molecule has 1 radical (unpaired) electrons. The fourth-order valence-electron chi connectivity index (χ4n) is 0.156. The van der Waals surface area contributed by atoms with E-state index in [-0.39, 0.29) is 38.6 Å². The van der Waals surface area contributed by atoms with Crippen molar-refractivity contribution in [1.29, 1.82) is 0 Å². The molecule has 0 aliphatic carbocycles. The number of hydrogen-bond donors (Lipinski definition) is 2. The number of aromatic amines is 2. The van der Waals surface area contributed by atoms with E-state index in [4.69, 9.17) is 0 Å². The Hall–Kier alpha value is 1.59. The summed E-state index contributed by atoms with van der Waals surface area (Å²) in [7, 11) is 2.36. The first-order valence-corrected chi connectivity index (χ1v) is 4.19. The van der Waals surface area contributed by atoms with Gasteiger partial charge < -0.3 is 9.02 Å². The van der Waals surface area contributed by atoms with Crippen LogP contribution >= 0.6 is 25.5 Å². The molecule has 43 valence electrons. The van der Waals surface area contributed by atoms with E-state index in [1.165, 1.54) is 0 Å². The first kappa shape index (κ1) is 8.59. The van der Waals surface area contributed by atoms with Crippen LogP contribution in [0.25, 0.3) is 0 Å². The molecule has 1 heterocycles. The predicted octanol–water partition coefficient (Wildman–Crippen LogP) is 1.50. The number of nitrogens with one attached hydrogen (secondary N) is 2. The summed E-state index contributed by atoms with van der Waals surface area (Å²) in [5, 5.41) is 0. The Labute approximate surface area is 76.9 Å². The van der Waals surface area contributed by atoms with Crippen LogP contribution in [0.2, 0.25) is 0 Å². The number of nitrogens with zero attached hydrogens (tertiary/aromatic N) is 1. The predicted molar refractivity (Wildman–Crippen MR) is 32.1 cm³/mol. The van der Waals surface area contributed by atoms with Gasteiger partial charge in [-0.15, -0.1) is 0 Å². The first-order chi connectivity index (χ1) is 3.00. The van der Waals surface area contributed by atoms with Gasteiger partial charge in [0.1, 0.15) is 8.51 Å². The van der Waals surface area contributed by atoms with E-state index in [2.05, 4.69) is 13.5 Å². The van der Waals surface area contributed by atoms with E-state index < -0.39 is 0 Å². The fourth-order valence-corrected chi connectivity index (χ4v) is 2.81. The number of rotatable bonds is 0. The molecule has 2 N–H and O–H groups in total. The molecule has 0 aromatic carbocycles. The largest absolute Gasteiger partial charge is 0.313 e. The second-order valence-electron chi connectivity index (χ2n) is 0.674. The molecule has 3 nitrogen and oxygen atoms in total. The molecule has 1 aromatic heterocycles. The SMILES string of the molecule is [Tb].n1p[nH][pH][nH][pH]1. The Morgan fingerprint density at radius 3 is 2.57 bits per heavy atom. The summed E-state index contributed by atoms with van der Waals surface area (Å²) in [6, 6.07) is 0. The zero-order valence-corrected chi connectivity index (χ0v) is 8.26. The number of hydrogen-bond acceptors (Lipinski definition) is 1. The van der Waals surface area contributed by atoms with Crippen molar-refractivity contribution >= 4 is 25.5 Å². The third-order valence-corrected chi connectivity index (χ3v) is 2.92. The Morgan fingerprint density at radius 1 is 1.57 bits per heavy atom. The average Bonchev–Trinajstić information content (AvgIpc) is 1.72. The van der Waals surface area contributed by atoms with Gasteiger partial charge in [0.2, 0.25) is 0 Å². The Bertz CT molecular complexity index is 82.1. The fraction of sp³-hybridized carbons (Fsp3) is 0. The van der Waals surface area contributed by atoms with Crippen LogP contribution in [0.3, 0.4) is 0 Å². The molecule has 1 rings (SSSR count). The van der Waals surface area contributed by atoms with Crippen LogP contribution in [-0.4, -0.2) is 13.5 Å². The third kappa shape index (κ3) is 4.11. The summed E-state index contributed by atoms with van der Waals surface area (Å²) in [4.78, 5) is 0. The summed E-state index contributed by atoms with van der Waals surface area (Å²) >= 11 is 0. The van der Waals surface area contributed by atoms with E-state index in [9.17, 15) is 0 Å². The molecule has 0 saturated heterocycles. The van der Waals surface area contributed by atoms with E-state index in [0.29, 0.717) is 17.0 Å². The minimum atomic E-state index is 0. The summed E-state index contributed by atoms with van der Waals surface area (Å²) < 4.78 is 10.0. The standard InChI is InChI=1S/H4N3P3.Tb/c1-4-2-6-3-5-1;/h1,4-5H,(H,2,3);. The van der Waals surface area contributed by atoms with Crippen molar-refractivity contribution in [3.8, 4) is 0 Å². The smallest absolute Gasteiger partial charge is 0.138 e. The summed E-state index contributed by atoms with van der Waals surface area (Å²) in [6.45, 7) is 0. The molecular formula is H4N3P3Tb. The van der Waals surface area contributed by atoms with Crippen LogP contribution in [0, 0.1) is 38.6 Å². The minimum Gasteiger partial charge on any atom is -0.313 e. The van der Waals surface area contributed by atoms with E-state index in [1.54, 1.807) is 0 Å². The molecule has 0 spiro atoms.